The minimum atomic E-state index is -1.98. The number of hydrogen-bond acceptors (Lipinski definition) is 18. The first-order chi connectivity index (χ1) is 47.8. The summed E-state index contributed by atoms with van der Waals surface area (Å²) >= 11 is 0. The van der Waals surface area contributed by atoms with Crippen molar-refractivity contribution in [3.63, 3.8) is 0 Å². The van der Waals surface area contributed by atoms with Crippen LogP contribution in [0.1, 0.15) is 328 Å². The Morgan fingerprint density at radius 2 is 0.653 bits per heavy atom. The Kier molecular flexibility index (Phi) is 55.5. The van der Waals surface area contributed by atoms with Crippen molar-refractivity contribution >= 4 is 5.91 Å². The predicted molar refractivity (Wildman–Crippen MR) is 388 cm³/mol. The molecule has 3 saturated heterocycles. The molecule has 3 aliphatic rings. The molecule has 17 atom stereocenters. The summed E-state index contributed by atoms with van der Waals surface area (Å²) in [4.78, 5) is 13.5. The van der Waals surface area contributed by atoms with Gasteiger partial charge >= 0.3 is 0 Å². The van der Waals surface area contributed by atoms with Gasteiger partial charge in [-0.25, -0.2) is 0 Å². The molecular weight excluding hydrogens is 1250 g/mol. The van der Waals surface area contributed by atoms with Gasteiger partial charge in [-0.15, -0.1) is 0 Å². The Morgan fingerprint density at radius 1 is 0.357 bits per heavy atom. The smallest absolute Gasteiger partial charge is 0.220 e. The number of aliphatic hydroxyl groups is 11. The molecule has 98 heavy (non-hydrogen) atoms. The van der Waals surface area contributed by atoms with Crippen molar-refractivity contribution in [1.29, 1.82) is 0 Å². The van der Waals surface area contributed by atoms with Crippen molar-refractivity contribution < 1.29 is 89.4 Å². The third-order valence-electron chi connectivity index (χ3n) is 20.2. The molecule has 17 unspecified atom stereocenters. The summed E-state index contributed by atoms with van der Waals surface area (Å²) in [6.07, 6.45) is 47.1. The number of amides is 1. The van der Waals surface area contributed by atoms with Crippen molar-refractivity contribution in [2.75, 3.05) is 26.4 Å². The van der Waals surface area contributed by atoms with Crippen LogP contribution in [-0.2, 0) is 33.2 Å². The lowest BCUT2D eigenvalue weighted by Crippen LogP contribution is -2.66. The average Bonchev–Trinajstić information content (AvgIpc) is 0.784. The van der Waals surface area contributed by atoms with Crippen molar-refractivity contribution in [2.24, 2.45) is 0 Å². The van der Waals surface area contributed by atoms with Gasteiger partial charge in [-0.3, -0.25) is 4.79 Å². The molecule has 576 valence electrons. The van der Waals surface area contributed by atoms with Crippen LogP contribution >= 0.6 is 0 Å². The molecule has 0 spiro atoms. The molecule has 19 heteroatoms. The number of nitrogens with one attached hydrogen (secondary N) is 1. The standard InChI is InChI=1S/C79H147NO18/c1-3-5-7-9-11-13-15-17-19-21-23-25-27-29-30-31-32-33-35-37-39-41-43-45-47-49-51-53-55-57-67(85)80-62(63(84)56-54-52-50-48-46-44-42-40-38-36-34-28-26-24-22-20-18-16-14-12-10-8-6-4-2)61-93-77-73(91)70(88)75(65(59-82)95-77)98-79-74(92)71(89)76(66(60-83)96-79)97-78-72(90)69(87)68(86)64(58-81)94-78/h21,23,46,48,54,56,62-66,68-79,81-84,86-92H,3-20,22,24-45,47,49-53,55,57-61H2,1-2H3,(H,80,85)/b23-21-,48-46+,56-54+. The van der Waals surface area contributed by atoms with Gasteiger partial charge in [0.2, 0.25) is 5.91 Å². The minimum Gasteiger partial charge on any atom is -0.394 e. The molecule has 1 amide bonds. The monoisotopic (exact) mass is 1400 g/mol. The number of aliphatic hydroxyl groups excluding tert-OH is 11. The highest BCUT2D eigenvalue weighted by molar-refractivity contribution is 5.76. The van der Waals surface area contributed by atoms with Crippen LogP contribution in [0.5, 0.6) is 0 Å². The van der Waals surface area contributed by atoms with Gasteiger partial charge < -0.3 is 89.9 Å². The topological polar surface area (TPSA) is 307 Å². The maximum Gasteiger partial charge on any atom is 0.220 e. The van der Waals surface area contributed by atoms with Gasteiger partial charge in [0, 0.05) is 6.42 Å². The van der Waals surface area contributed by atoms with Gasteiger partial charge in [0.25, 0.3) is 0 Å². The molecule has 0 bridgehead atoms. The molecule has 19 nitrogen and oxygen atoms in total. The number of carbonyl (C=O) groups is 1. The molecule has 0 aromatic carbocycles. The fraction of sp³-hybridized carbons (Fsp3) is 0.911. The van der Waals surface area contributed by atoms with E-state index in [2.05, 4.69) is 43.5 Å². The molecule has 12 N–H and O–H groups in total. The largest absolute Gasteiger partial charge is 0.394 e. The van der Waals surface area contributed by atoms with E-state index in [1.807, 2.05) is 6.08 Å². The minimum absolute atomic E-state index is 0.239. The Labute approximate surface area is 593 Å². The summed E-state index contributed by atoms with van der Waals surface area (Å²) < 4.78 is 34.4. The first-order valence-corrected chi connectivity index (χ1v) is 40.2. The van der Waals surface area contributed by atoms with Crippen LogP contribution in [-0.4, -0.2) is 193 Å². The lowest BCUT2D eigenvalue weighted by Gasteiger charge is -2.48. The lowest BCUT2D eigenvalue weighted by molar-refractivity contribution is -0.379. The summed E-state index contributed by atoms with van der Waals surface area (Å²) in [6, 6.07) is -0.990. The van der Waals surface area contributed by atoms with E-state index in [4.69, 9.17) is 28.4 Å². The van der Waals surface area contributed by atoms with Crippen LogP contribution in [0.3, 0.4) is 0 Å². The van der Waals surface area contributed by atoms with Gasteiger partial charge in [-0.1, -0.05) is 301 Å². The third kappa shape index (κ3) is 40.3. The van der Waals surface area contributed by atoms with Crippen LogP contribution in [0.2, 0.25) is 0 Å². The van der Waals surface area contributed by atoms with Crippen molar-refractivity contribution in [2.45, 2.75) is 433 Å². The molecule has 3 heterocycles. The van der Waals surface area contributed by atoms with E-state index in [9.17, 15) is 61.0 Å². The quantitative estimate of drug-likeness (QED) is 0.0199. The molecule has 0 aromatic rings. The molecule has 0 radical (unpaired) electrons. The number of rotatable bonds is 64. The number of allylic oxidation sites excluding steroid dienone is 5. The fourth-order valence-electron chi connectivity index (χ4n) is 13.7. The van der Waals surface area contributed by atoms with Crippen LogP contribution < -0.4 is 5.32 Å². The van der Waals surface area contributed by atoms with E-state index in [1.165, 1.54) is 257 Å². The number of ether oxygens (including phenoxy) is 6. The normalized spacial score (nSPS) is 26.9. The molecule has 0 aromatic heterocycles. The van der Waals surface area contributed by atoms with Crippen LogP contribution in [0.4, 0.5) is 0 Å². The Morgan fingerprint density at radius 3 is 1.02 bits per heavy atom. The summed E-state index contributed by atoms with van der Waals surface area (Å²) in [5.74, 6) is -0.279. The number of hydrogen-bond donors (Lipinski definition) is 12. The van der Waals surface area contributed by atoms with Crippen LogP contribution in [0, 0.1) is 0 Å². The SMILES string of the molecule is CCCCCCCCCC/C=C\CCCCCCCCCCCCCCCCCCCC(=O)NC(COC1OC(CO)C(OC2OC(CO)C(OC3OC(CO)C(O)C(O)C3O)C(O)C2O)C(O)C1O)C(O)/C=C/CC/C=C/CCCCCCCCCCCCCCCCCCCC. The van der Waals surface area contributed by atoms with Crippen molar-refractivity contribution in [3.05, 3.63) is 36.5 Å². The van der Waals surface area contributed by atoms with Crippen LogP contribution in [0.25, 0.3) is 0 Å². The van der Waals surface area contributed by atoms with Gasteiger partial charge in [0.1, 0.15) is 73.2 Å². The van der Waals surface area contributed by atoms with E-state index >= 15 is 0 Å². The van der Waals surface area contributed by atoms with Crippen molar-refractivity contribution in [1.82, 2.24) is 5.32 Å². The highest BCUT2D eigenvalue weighted by Crippen LogP contribution is 2.33. The highest BCUT2D eigenvalue weighted by Gasteiger charge is 2.54. The average molecular weight is 1400 g/mol. The van der Waals surface area contributed by atoms with E-state index in [1.54, 1.807) is 6.08 Å². The maximum absolute atomic E-state index is 13.5. The van der Waals surface area contributed by atoms with E-state index in [0.717, 1.165) is 38.5 Å². The number of unbranched alkanes of at least 4 members (excludes halogenated alkanes) is 44. The Bertz CT molecular complexity index is 1910. The van der Waals surface area contributed by atoms with E-state index in [0.29, 0.717) is 12.8 Å². The second kappa shape index (κ2) is 60.3. The summed E-state index contributed by atoms with van der Waals surface area (Å²) in [5.41, 5.74) is 0. The van der Waals surface area contributed by atoms with E-state index in [-0.39, 0.29) is 18.9 Å². The molecule has 3 rings (SSSR count). The molecular formula is C79H147NO18. The highest BCUT2D eigenvalue weighted by atomic mass is 16.8. The zero-order valence-electron chi connectivity index (χ0n) is 61.5. The lowest BCUT2D eigenvalue weighted by atomic mass is 9.96. The van der Waals surface area contributed by atoms with Gasteiger partial charge in [-0.05, 0) is 57.8 Å². The molecule has 0 saturated carbocycles. The van der Waals surface area contributed by atoms with Crippen LogP contribution in [0.15, 0.2) is 36.5 Å². The van der Waals surface area contributed by atoms with Crippen molar-refractivity contribution in [3.8, 4) is 0 Å². The zero-order chi connectivity index (χ0) is 71.1. The first kappa shape index (κ1) is 90.2. The van der Waals surface area contributed by atoms with Gasteiger partial charge in [0.15, 0.2) is 18.9 Å². The molecule has 3 fully saturated rings. The summed E-state index contributed by atoms with van der Waals surface area (Å²) in [7, 11) is 0. The Hall–Kier alpha value is -1.99. The first-order valence-electron chi connectivity index (χ1n) is 40.2. The van der Waals surface area contributed by atoms with E-state index < -0.39 is 124 Å². The summed E-state index contributed by atoms with van der Waals surface area (Å²) in [6.45, 7) is 1.77. The fourth-order valence-corrected chi connectivity index (χ4v) is 13.7. The third-order valence-corrected chi connectivity index (χ3v) is 20.2. The predicted octanol–water partition coefficient (Wildman–Crippen LogP) is 13.1. The summed E-state index contributed by atoms with van der Waals surface area (Å²) in [5, 5.41) is 121. The molecule has 3 aliphatic heterocycles. The Balaban J connectivity index is 1.39. The number of carbonyl (C=O) groups excluding carboxylic acids is 1. The second-order valence-electron chi connectivity index (χ2n) is 28.9. The maximum atomic E-state index is 13.5. The second-order valence-corrected chi connectivity index (χ2v) is 28.9. The molecule has 0 aliphatic carbocycles. The van der Waals surface area contributed by atoms with Gasteiger partial charge in [-0.2, -0.15) is 0 Å². The zero-order valence-corrected chi connectivity index (χ0v) is 61.5. The van der Waals surface area contributed by atoms with Gasteiger partial charge in [0.05, 0.1) is 38.6 Å².